The number of rotatable bonds is 5. The smallest absolute Gasteiger partial charge is 0.242 e. The van der Waals surface area contributed by atoms with Crippen LogP contribution in [-0.4, -0.2) is 48.4 Å². The number of carbonyl (C=O) groups excluding carboxylic acids is 2. The minimum Gasteiger partial charge on any atom is -0.347 e. The van der Waals surface area contributed by atoms with E-state index in [1.54, 1.807) is 0 Å². The van der Waals surface area contributed by atoms with Crippen molar-refractivity contribution >= 4 is 24.2 Å². The highest BCUT2D eigenvalue weighted by Crippen LogP contribution is 2.20. The molecule has 2 N–H and O–H groups in total. The molecule has 6 heteroatoms. The van der Waals surface area contributed by atoms with Gasteiger partial charge in [0.05, 0.1) is 6.54 Å². The number of nitrogens with one attached hydrogen (secondary N) is 2. The van der Waals surface area contributed by atoms with Crippen molar-refractivity contribution in [1.82, 2.24) is 15.5 Å². The van der Waals surface area contributed by atoms with Gasteiger partial charge in [0.1, 0.15) is 0 Å². The van der Waals surface area contributed by atoms with Gasteiger partial charge >= 0.3 is 0 Å². The Hall–Kier alpha value is -1.59. The molecule has 0 spiro atoms. The molecule has 2 fully saturated rings. The Labute approximate surface area is 155 Å². The van der Waals surface area contributed by atoms with E-state index in [0.717, 1.165) is 31.5 Å². The fraction of sp³-hybridized carbons (Fsp3) is 0.579. The molecule has 2 unspecified atom stereocenters. The summed E-state index contributed by atoms with van der Waals surface area (Å²) in [5.74, 6) is -0.0218. The minimum atomic E-state index is -0.0570. The highest BCUT2D eigenvalue weighted by molar-refractivity contribution is 5.85. The molecule has 1 aromatic carbocycles. The number of benzene rings is 1. The van der Waals surface area contributed by atoms with Crippen LogP contribution in [0.5, 0.6) is 0 Å². The fourth-order valence-corrected chi connectivity index (χ4v) is 3.56. The molecule has 0 aliphatic carbocycles. The Balaban J connectivity index is 0.00000225. The molecule has 3 rings (SSSR count). The molecule has 2 saturated heterocycles. The lowest BCUT2D eigenvalue weighted by molar-refractivity contribution is -0.133. The fourth-order valence-electron chi connectivity index (χ4n) is 3.56. The maximum atomic E-state index is 12.3. The average Bonchev–Trinajstić information content (AvgIpc) is 2.91. The van der Waals surface area contributed by atoms with Crippen molar-refractivity contribution < 1.29 is 9.59 Å². The zero-order chi connectivity index (χ0) is 16.9. The Morgan fingerprint density at radius 2 is 1.88 bits per heavy atom. The van der Waals surface area contributed by atoms with Gasteiger partial charge < -0.3 is 15.5 Å². The van der Waals surface area contributed by atoms with Crippen LogP contribution in [0.2, 0.25) is 0 Å². The lowest BCUT2D eigenvalue weighted by Gasteiger charge is -2.24. The van der Waals surface area contributed by atoms with Gasteiger partial charge in [-0.15, -0.1) is 12.4 Å². The molecule has 2 atom stereocenters. The number of amides is 2. The predicted octanol–water partition coefficient (Wildman–Crippen LogP) is 1.82. The molecule has 2 aliphatic rings. The van der Waals surface area contributed by atoms with E-state index in [1.807, 2.05) is 24.0 Å². The first-order chi connectivity index (χ1) is 11.6. The summed E-state index contributed by atoms with van der Waals surface area (Å²) >= 11 is 0. The summed E-state index contributed by atoms with van der Waals surface area (Å²) in [6, 6.07) is 9.20. The van der Waals surface area contributed by atoms with Crippen LogP contribution in [0.15, 0.2) is 24.3 Å². The standard InChI is InChI=1S/C19H27N3O2.ClH/c1-14-2-4-15(5-3-14)6-9-18(23)20-12-19(24)22-11-10-16-7-8-17(13-22)21-16;/h2-5,16-17,21H,6-13H2,1H3,(H,20,23);1H. The highest BCUT2D eigenvalue weighted by atomic mass is 35.5. The minimum absolute atomic E-state index is 0. The van der Waals surface area contributed by atoms with Crippen LogP contribution in [0, 0.1) is 6.92 Å². The van der Waals surface area contributed by atoms with Crippen LogP contribution in [0.3, 0.4) is 0 Å². The van der Waals surface area contributed by atoms with E-state index in [-0.39, 0.29) is 30.8 Å². The second-order valence-electron chi connectivity index (χ2n) is 7.03. The number of nitrogens with zero attached hydrogens (tertiary/aromatic N) is 1. The van der Waals surface area contributed by atoms with Crippen molar-refractivity contribution in [2.24, 2.45) is 0 Å². The summed E-state index contributed by atoms with van der Waals surface area (Å²) < 4.78 is 0. The van der Waals surface area contributed by atoms with E-state index in [1.165, 1.54) is 12.0 Å². The van der Waals surface area contributed by atoms with Crippen LogP contribution in [0.4, 0.5) is 0 Å². The summed E-state index contributed by atoms with van der Waals surface area (Å²) in [5, 5.41) is 6.34. The van der Waals surface area contributed by atoms with E-state index < -0.39 is 0 Å². The molecule has 0 saturated carbocycles. The molecular weight excluding hydrogens is 338 g/mol. The molecule has 2 heterocycles. The molecule has 1 aromatic rings. The van der Waals surface area contributed by atoms with Gasteiger partial charge in [0, 0.05) is 31.6 Å². The first-order valence-corrected chi connectivity index (χ1v) is 8.96. The molecule has 2 aliphatic heterocycles. The van der Waals surface area contributed by atoms with Gasteiger partial charge in [-0.1, -0.05) is 29.8 Å². The largest absolute Gasteiger partial charge is 0.347 e. The van der Waals surface area contributed by atoms with Crippen molar-refractivity contribution in [2.75, 3.05) is 19.6 Å². The topological polar surface area (TPSA) is 61.4 Å². The van der Waals surface area contributed by atoms with Crippen LogP contribution < -0.4 is 10.6 Å². The number of fused-ring (bicyclic) bond motifs is 2. The van der Waals surface area contributed by atoms with Gasteiger partial charge in [-0.05, 0) is 38.2 Å². The predicted molar refractivity (Wildman–Crippen MR) is 101 cm³/mol. The quantitative estimate of drug-likeness (QED) is 0.836. The Kier molecular flexibility index (Phi) is 7.26. The van der Waals surface area contributed by atoms with E-state index in [4.69, 9.17) is 0 Å². The lowest BCUT2D eigenvalue weighted by Crippen LogP contribution is -2.44. The first kappa shape index (κ1) is 19.7. The van der Waals surface area contributed by atoms with E-state index in [2.05, 4.69) is 22.8 Å². The molecule has 2 bridgehead atoms. The summed E-state index contributed by atoms with van der Waals surface area (Å²) in [4.78, 5) is 26.2. The van der Waals surface area contributed by atoms with Crippen LogP contribution in [0.25, 0.3) is 0 Å². The number of hydrogen-bond acceptors (Lipinski definition) is 3. The number of carbonyl (C=O) groups is 2. The molecule has 5 nitrogen and oxygen atoms in total. The van der Waals surface area contributed by atoms with E-state index >= 15 is 0 Å². The zero-order valence-corrected chi connectivity index (χ0v) is 15.6. The molecule has 0 radical (unpaired) electrons. The third-order valence-corrected chi connectivity index (χ3v) is 5.07. The normalized spacial score (nSPS) is 22.0. The van der Waals surface area contributed by atoms with E-state index in [0.29, 0.717) is 24.9 Å². The van der Waals surface area contributed by atoms with Crippen molar-refractivity contribution in [3.8, 4) is 0 Å². The highest BCUT2D eigenvalue weighted by Gasteiger charge is 2.30. The molecule has 2 amide bonds. The zero-order valence-electron chi connectivity index (χ0n) is 14.8. The van der Waals surface area contributed by atoms with Crippen molar-refractivity contribution in [2.45, 2.75) is 51.1 Å². The van der Waals surface area contributed by atoms with E-state index in [9.17, 15) is 9.59 Å². The third kappa shape index (κ3) is 5.72. The number of aryl methyl sites for hydroxylation is 2. The molecule has 25 heavy (non-hydrogen) atoms. The molecule has 0 aromatic heterocycles. The van der Waals surface area contributed by atoms with Crippen molar-refractivity contribution in [1.29, 1.82) is 0 Å². The Morgan fingerprint density at radius 1 is 1.16 bits per heavy atom. The van der Waals surface area contributed by atoms with Gasteiger partial charge in [0.15, 0.2) is 0 Å². The monoisotopic (exact) mass is 365 g/mol. The Morgan fingerprint density at radius 3 is 2.64 bits per heavy atom. The second-order valence-corrected chi connectivity index (χ2v) is 7.03. The first-order valence-electron chi connectivity index (χ1n) is 8.96. The third-order valence-electron chi connectivity index (χ3n) is 5.07. The SMILES string of the molecule is Cc1ccc(CCC(=O)NCC(=O)N2CCC3CCC(C2)N3)cc1.Cl. The van der Waals surface area contributed by atoms with Gasteiger partial charge in [-0.3, -0.25) is 9.59 Å². The van der Waals surface area contributed by atoms with Crippen LogP contribution >= 0.6 is 12.4 Å². The summed E-state index contributed by atoms with van der Waals surface area (Å²) in [6.45, 7) is 3.73. The number of hydrogen-bond donors (Lipinski definition) is 2. The maximum absolute atomic E-state index is 12.3. The Bertz CT molecular complexity index is 591. The van der Waals surface area contributed by atoms with Crippen molar-refractivity contribution in [3.63, 3.8) is 0 Å². The van der Waals surface area contributed by atoms with Gasteiger partial charge in [-0.2, -0.15) is 0 Å². The second kappa shape index (κ2) is 9.20. The summed E-state index contributed by atoms with van der Waals surface area (Å²) in [7, 11) is 0. The molecule has 138 valence electrons. The summed E-state index contributed by atoms with van der Waals surface area (Å²) in [5.41, 5.74) is 2.37. The van der Waals surface area contributed by atoms with Gasteiger partial charge in [0.2, 0.25) is 11.8 Å². The lowest BCUT2D eigenvalue weighted by atomic mass is 10.1. The average molecular weight is 366 g/mol. The molecular formula is C19H28ClN3O2. The van der Waals surface area contributed by atoms with Crippen molar-refractivity contribution in [3.05, 3.63) is 35.4 Å². The number of halogens is 1. The summed E-state index contributed by atoms with van der Waals surface area (Å²) in [6.07, 6.45) is 4.52. The van der Waals surface area contributed by atoms with Gasteiger partial charge in [0.25, 0.3) is 0 Å². The van der Waals surface area contributed by atoms with Crippen LogP contribution in [0.1, 0.15) is 36.8 Å². The number of likely N-dealkylation sites (tertiary alicyclic amines) is 1. The maximum Gasteiger partial charge on any atom is 0.242 e. The van der Waals surface area contributed by atoms with Gasteiger partial charge in [-0.25, -0.2) is 0 Å². The van der Waals surface area contributed by atoms with Crippen LogP contribution in [-0.2, 0) is 16.0 Å².